The molecule has 2 bridgehead atoms. The molecular formula is C22H25Br2NO4. The van der Waals surface area contributed by atoms with Gasteiger partial charge in [0.2, 0.25) is 11.8 Å². The lowest BCUT2D eigenvalue weighted by Crippen LogP contribution is -2.37. The second-order valence-corrected chi connectivity index (χ2v) is 10.4. The fourth-order valence-electron chi connectivity index (χ4n) is 5.15. The lowest BCUT2D eigenvalue weighted by molar-refractivity contribution is -0.134. The molecular weight excluding hydrogens is 502 g/mol. The molecule has 1 aromatic rings. The molecule has 3 aliphatic rings. The van der Waals surface area contributed by atoms with Gasteiger partial charge in [-0.2, -0.15) is 0 Å². The molecule has 1 heterocycles. The molecule has 5 nitrogen and oxygen atoms in total. The fraction of sp³-hybridized carbons (Fsp3) is 0.591. The first-order valence-electron chi connectivity index (χ1n) is 10.4. The number of esters is 1. The number of rotatable bonds is 7. The van der Waals surface area contributed by atoms with Crippen molar-refractivity contribution in [3.8, 4) is 5.75 Å². The van der Waals surface area contributed by atoms with Crippen molar-refractivity contribution in [3.05, 3.63) is 24.3 Å². The smallest absolute Gasteiger partial charge is 0.311 e. The number of amides is 2. The van der Waals surface area contributed by atoms with Crippen molar-refractivity contribution >= 4 is 55.3 Å². The van der Waals surface area contributed by atoms with Crippen LogP contribution in [0.3, 0.4) is 0 Å². The number of halogens is 2. The van der Waals surface area contributed by atoms with E-state index in [1.165, 1.54) is 4.90 Å². The van der Waals surface area contributed by atoms with E-state index in [2.05, 4.69) is 38.8 Å². The van der Waals surface area contributed by atoms with Gasteiger partial charge in [-0.25, -0.2) is 0 Å². The van der Waals surface area contributed by atoms with Gasteiger partial charge in [0.1, 0.15) is 5.75 Å². The van der Waals surface area contributed by atoms with E-state index in [0.717, 1.165) is 32.1 Å². The van der Waals surface area contributed by atoms with E-state index >= 15 is 0 Å². The van der Waals surface area contributed by atoms with Crippen LogP contribution in [0.25, 0.3) is 0 Å². The highest BCUT2D eigenvalue weighted by molar-refractivity contribution is 9.12. The molecule has 0 spiro atoms. The number of unbranched alkanes of at least 4 members (excludes halogenated alkanes) is 3. The van der Waals surface area contributed by atoms with Crippen LogP contribution in [-0.2, 0) is 14.4 Å². The first-order valence-corrected chi connectivity index (χ1v) is 12.2. The van der Waals surface area contributed by atoms with Gasteiger partial charge in [-0.1, -0.05) is 58.0 Å². The van der Waals surface area contributed by atoms with Crippen molar-refractivity contribution in [1.82, 2.24) is 0 Å². The number of nitrogens with zero attached hydrogens (tertiary/aromatic N) is 1. The number of fused-ring (bicyclic) bond motifs is 5. The Hall–Kier alpha value is -1.21. The third-order valence-corrected chi connectivity index (χ3v) is 9.75. The average molecular weight is 527 g/mol. The van der Waals surface area contributed by atoms with Crippen LogP contribution < -0.4 is 9.64 Å². The highest BCUT2D eigenvalue weighted by Gasteiger charge is 2.66. The number of alkyl halides is 2. The Morgan fingerprint density at radius 3 is 2.14 bits per heavy atom. The predicted molar refractivity (Wildman–Crippen MR) is 117 cm³/mol. The molecule has 0 unspecified atom stereocenters. The van der Waals surface area contributed by atoms with Crippen molar-refractivity contribution in [2.45, 2.75) is 55.1 Å². The lowest BCUT2D eigenvalue weighted by Gasteiger charge is -2.28. The second-order valence-electron chi connectivity index (χ2n) is 8.29. The number of hydrogen-bond donors (Lipinski definition) is 0. The maximum Gasteiger partial charge on any atom is 0.311 e. The molecule has 1 saturated heterocycles. The van der Waals surface area contributed by atoms with Crippen molar-refractivity contribution in [2.24, 2.45) is 23.7 Å². The van der Waals surface area contributed by atoms with Gasteiger partial charge in [-0.15, -0.1) is 0 Å². The van der Waals surface area contributed by atoms with Gasteiger partial charge in [0.15, 0.2) is 0 Å². The number of imide groups is 1. The number of anilines is 1. The van der Waals surface area contributed by atoms with Crippen molar-refractivity contribution in [1.29, 1.82) is 0 Å². The Kier molecular flexibility index (Phi) is 6.17. The number of carbonyl (C=O) groups is 3. The molecule has 2 saturated carbocycles. The summed E-state index contributed by atoms with van der Waals surface area (Å²) in [5.74, 6) is -0.0752. The van der Waals surface area contributed by atoms with Crippen LogP contribution in [0.15, 0.2) is 24.3 Å². The quantitative estimate of drug-likeness (QED) is 0.167. The highest BCUT2D eigenvalue weighted by atomic mass is 79.9. The van der Waals surface area contributed by atoms with Gasteiger partial charge in [0.05, 0.1) is 17.5 Å². The van der Waals surface area contributed by atoms with Gasteiger partial charge in [-0.05, 0) is 48.9 Å². The summed E-state index contributed by atoms with van der Waals surface area (Å²) >= 11 is 7.40. The maximum absolute atomic E-state index is 13.1. The molecule has 0 aromatic heterocycles. The van der Waals surface area contributed by atoms with E-state index in [-0.39, 0.29) is 51.1 Å². The number of ether oxygens (including phenoxy) is 1. The number of carbonyl (C=O) groups excluding carboxylic acids is 3. The zero-order valence-electron chi connectivity index (χ0n) is 16.4. The number of hydrogen-bond acceptors (Lipinski definition) is 4. The Morgan fingerprint density at radius 1 is 1.00 bits per heavy atom. The van der Waals surface area contributed by atoms with Crippen LogP contribution in [0.4, 0.5) is 5.69 Å². The average Bonchev–Trinajstić information content (AvgIpc) is 3.31. The minimum absolute atomic E-state index is 0.1000. The highest BCUT2D eigenvalue weighted by Crippen LogP contribution is 2.60. The van der Waals surface area contributed by atoms with Gasteiger partial charge in [0.25, 0.3) is 0 Å². The summed E-state index contributed by atoms with van der Waals surface area (Å²) in [4.78, 5) is 39.8. The summed E-state index contributed by atoms with van der Waals surface area (Å²) in [6.45, 7) is 2.13. The van der Waals surface area contributed by atoms with E-state index in [4.69, 9.17) is 4.74 Å². The maximum atomic E-state index is 13.1. The van der Waals surface area contributed by atoms with E-state index < -0.39 is 0 Å². The molecule has 1 aliphatic heterocycles. The summed E-state index contributed by atoms with van der Waals surface area (Å²) in [6.07, 6.45) is 5.42. The van der Waals surface area contributed by atoms with Crippen LogP contribution in [0, 0.1) is 23.7 Å². The van der Waals surface area contributed by atoms with Gasteiger partial charge in [0, 0.05) is 16.1 Å². The first-order chi connectivity index (χ1) is 13.9. The van der Waals surface area contributed by atoms with Crippen molar-refractivity contribution in [3.63, 3.8) is 0 Å². The van der Waals surface area contributed by atoms with Crippen LogP contribution in [-0.4, -0.2) is 27.4 Å². The zero-order chi connectivity index (χ0) is 20.7. The van der Waals surface area contributed by atoms with E-state index in [1.807, 2.05) is 0 Å². The molecule has 0 radical (unpaired) electrons. The molecule has 156 valence electrons. The standard InChI is InChI=1S/C22H25Br2NO4/c1-2-3-4-5-6-16(26)29-13-9-7-12(8-10-13)25-21(27)17-14-11-15(18(17)22(25)28)20(24)19(14)23/h7-10,14-15,17-20H,2-6,11H2,1H3/t14-,15+,17+,18-,19-,20-/m1/s1. The summed E-state index contributed by atoms with van der Waals surface area (Å²) in [5, 5.41) is 0. The minimum Gasteiger partial charge on any atom is -0.427 e. The van der Waals surface area contributed by atoms with Crippen LogP contribution in [0.2, 0.25) is 0 Å². The summed E-state index contributed by atoms with van der Waals surface area (Å²) < 4.78 is 5.37. The molecule has 2 amide bonds. The Labute approximate surface area is 187 Å². The normalized spacial score (nSPS) is 32.7. The molecule has 1 aromatic carbocycles. The fourth-order valence-corrected chi connectivity index (χ4v) is 7.02. The SMILES string of the molecule is CCCCCCC(=O)Oc1ccc(N2C(=O)[C@@H]3[C@@H]4C[C@@H]([C@@H](Br)[C@@H]4Br)[C@@H]3C2=O)cc1. The first kappa shape index (κ1) is 21.0. The Balaban J connectivity index is 1.42. The molecule has 6 atom stereocenters. The summed E-state index contributed by atoms with van der Waals surface area (Å²) in [5.41, 5.74) is 0.550. The van der Waals surface area contributed by atoms with Crippen molar-refractivity contribution < 1.29 is 19.1 Å². The van der Waals surface area contributed by atoms with Crippen LogP contribution >= 0.6 is 31.9 Å². The summed E-state index contributed by atoms with van der Waals surface area (Å²) in [6, 6.07) is 6.69. The second kappa shape index (κ2) is 8.50. The zero-order valence-corrected chi connectivity index (χ0v) is 19.5. The van der Waals surface area contributed by atoms with Crippen molar-refractivity contribution in [2.75, 3.05) is 4.90 Å². The van der Waals surface area contributed by atoms with Crippen LogP contribution in [0.5, 0.6) is 5.75 Å². The third kappa shape index (κ3) is 3.69. The van der Waals surface area contributed by atoms with Crippen LogP contribution in [0.1, 0.15) is 45.4 Å². The van der Waals surface area contributed by atoms with E-state index in [9.17, 15) is 14.4 Å². The Morgan fingerprint density at radius 2 is 1.59 bits per heavy atom. The molecule has 2 aliphatic carbocycles. The molecule has 7 heteroatoms. The minimum atomic E-state index is -0.250. The van der Waals surface area contributed by atoms with E-state index in [1.54, 1.807) is 24.3 Å². The van der Waals surface area contributed by atoms with Gasteiger partial charge < -0.3 is 4.74 Å². The lowest BCUT2D eigenvalue weighted by atomic mass is 9.81. The van der Waals surface area contributed by atoms with Gasteiger partial charge >= 0.3 is 5.97 Å². The topological polar surface area (TPSA) is 63.7 Å². The van der Waals surface area contributed by atoms with E-state index in [0.29, 0.717) is 17.9 Å². The van der Waals surface area contributed by atoms with Gasteiger partial charge in [-0.3, -0.25) is 19.3 Å². The Bertz CT molecular complexity index is 780. The number of benzene rings is 1. The molecule has 0 N–H and O–H groups in total. The molecule has 3 fully saturated rings. The largest absolute Gasteiger partial charge is 0.427 e. The summed E-state index contributed by atoms with van der Waals surface area (Å²) in [7, 11) is 0. The molecule has 4 rings (SSSR count). The monoisotopic (exact) mass is 525 g/mol. The predicted octanol–water partition coefficient (Wildman–Crippen LogP) is 4.84. The molecule has 29 heavy (non-hydrogen) atoms. The third-order valence-electron chi connectivity index (χ3n) is 6.55.